The molecule has 0 radical (unpaired) electrons. The van der Waals surface area contributed by atoms with Crippen molar-refractivity contribution in [2.24, 2.45) is 0 Å². The van der Waals surface area contributed by atoms with E-state index < -0.39 is 5.41 Å². The van der Waals surface area contributed by atoms with E-state index in [-0.39, 0.29) is 0 Å². The fourth-order valence-corrected chi connectivity index (χ4v) is 8.55. The highest BCUT2D eigenvalue weighted by Crippen LogP contribution is 2.63. The molecule has 11 rings (SSSR count). The molecule has 214 valence electrons. The van der Waals surface area contributed by atoms with Crippen molar-refractivity contribution in [2.75, 3.05) is 0 Å². The molecule has 0 bridgehead atoms. The molecule has 0 saturated heterocycles. The minimum atomic E-state index is -0.530. The molecule has 0 saturated carbocycles. The summed E-state index contributed by atoms with van der Waals surface area (Å²) in [5, 5.41) is 4.70. The molecular formula is C43H25NO2. The predicted molar refractivity (Wildman–Crippen MR) is 185 cm³/mol. The van der Waals surface area contributed by atoms with Crippen LogP contribution in [0, 0.1) is 0 Å². The Bertz CT molecular complexity index is 2700. The third-order valence-corrected chi connectivity index (χ3v) is 10.3. The van der Waals surface area contributed by atoms with E-state index in [9.17, 15) is 0 Å². The molecule has 1 spiro atoms. The molecule has 3 nitrogen and oxygen atoms in total. The summed E-state index contributed by atoms with van der Waals surface area (Å²) in [7, 11) is 0. The van der Waals surface area contributed by atoms with E-state index in [2.05, 4.69) is 150 Å². The van der Waals surface area contributed by atoms with Crippen LogP contribution in [0.3, 0.4) is 0 Å². The number of hydrogen-bond donors (Lipinski definition) is 0. The van der Waals surface area contributed by atoms with Crippen LogP contribution in [0.5, 0.6) is 11.5 Å². The van der Waals surface area contributed by atoms with Gasteiger partial charge in [-0.2, -0.15) is 0 Å². The van der Waals surface area contributed by atoms with Gasteiger partial charge in [-0.15, -0.1) is 0 Å². The monoisotopic (exact) mass is 587 g/mol. The molecule has 9 aromatic rings. The average Bonchev–Trinajstić information content (AvgIpc) is 3.75. The van der Waals surface area contributed by atoms with Crippen molar-refractivity contribution < 1.29 is 9.15 Å². The first-order valence-electron chi connectivity index (χ1n) is 15.8. The van der Waals surface area contributed by atoms with Gasteiger partial charge in [-0.05, 0) is 47.0 Å². The fraction of sp³-hybridized carbons (Fsp3) is 0.0233. The van der Waals surface area contributed by atoms with Crippen LogP contribution in [0.25, 0.3) is 60.6 Å². The van der Waals surface area contributed by atoms with E-state index in [0.717, 1.165) is 44.6 Å². The highest BCUT2D eigenvalue weighted by atomic mass is 16.5. The van der Waals surface area contributed by atoms with Crippen LogP contribution >= 0.6 is 0 Å². The second-order valence-electron chi connectivity index (χ2n) is 12.4. The molecule has 2 aliphatic rings. The van der Waals surface area contributed by atoms with Crippen molar-refractivity contribution in [3.05, 3.63) is 174 Å². The van der Waals surface area contributed by atoms with Crippen LogP contribution in [0.4, 0.5) is 0 Å². The van der Waals surface area contributed by atoms with Crippen LogP contribution in [0.1, 0.15) is 22.3 Å². The summed E-state index contributed by atoms with van der Waals surface area (Å²) in [6.07, 6.45) is 0. The Morgan fingerprint density at radius 3 is 1.93 bits per heavy atom. The van der Waals surface area contributed by atoms with Crippen LogP contribution in [0.15, 0.2) is 156 Å². The number of furan rings is 1. The van der Waals surface area contributed by atoms with E-state index in [0.29, 0.717) is 0 Å². The number of para-hydroxylation sites is 5. The summed E-state index contributed by atoms with van der Waals surface area (Å²) >= 11 is 0. The standard InChI is InChI=1S/C43H25NO2/c1-4-16-31-30(14-1)40-34(43(31)32-17-5-9-22-38(32)45-39-23-10-6-18-33(39)43)25-24-28-26-12-2-7-19-35(26)44(41(28)40)36-20-11-15-29-27-13-3-8-21-37(27)46-42(29)36/h1-25H. The molecule has 1 aliphatic carbocycles. The number of benzene rings is 7. The first kappa shape index (κ1) is 24.3. The summed E-state index contributed by atoms with van der Waals surface area (Å²) < 4.78 is 15.7. The molecule has 1 aliphatic heterocycles. The summed E-state index contributed by atoms with van der Waals surface area (Å²) in [4.78, 5) is 0. The smallest absolute Gasteiger partial charge is 0.159 e. The lowest BCUT2D eigenvalue weighted by Crippen LogP contribution is -2.32. The van der Waals surface area contributed by atoms with Crippen LogP contribution in [-0.4, -0.2) is 4.57 Å². The molecule has 7 aromatic carbocycles. The van der Waals surface area contributed by atoms with E-state index in [4.69, 9.17) is 9.15 Å². The molecule has 2 aromatic heterocycles. The van der Waals surface area contributed by atoms with Gasteiger partial charge in [0.15, 0.2) is 5.58 Å². The van der Waals surface area contributed by atoms with Gasteiger partial charge < -0.3 is 13.7 Å². The lowest BCUT2D eigenvalue weighted by Gasteiger charge is -2.39. The molecule has 0 fully saturated rings. The van der Waals surface area contributed by atoms with E-state index in [1.807, 2.05) is 6.07 Å². The van der Waals surface area contributed by atoms with Gasteiger partial charge in [0.25, 0.3) is 0 Å². The Kier molecular flexibility index (Phi) is 4.52. The van der Waals surface area contributed by atoms with Crippen LogP contribution < -0.4 is 4.74 Å². The maximum Gasteiger partial charge on any atom is 0.159 e. The van der Waals surface area contributed by atoms with E-state index in [1.165, 1.54) is 49.7 Å². The average molecular weight is 588 g/mol. The van der Waals surface area contributed by atoms with Gasteiger partial charge in [-0.1, -0.05) is 121 Å². The molecular weight excluding hydrogens is 562 g/mol. The van der Waals surface area contributed by atoms with Crippen molar-refractivity contribution in [3.63, 3.8) is 0 Å². The summed E-state index contributed by atoms with van der Waals surface area (Å²) in [5.41, 5.74) is 12.0. The number of ether oxygens (including phenoxy) is 1. The number of nitrogens with zero attached hydrogens (tertiary/aromatic N) is 1. The molecule has 0 atom stereocenters. The Balaban J connectivity index is 1.36. The van der Waals surface area contributed by atoms with Crippen molar-refractivity contribution in [1.29, 1.82) is 0 Å². The Morgan fingerprint density at radius 1 is 0.457 bits per heavy atom. The number of aromatic nitrogens is 1. The summed E-state index contributed by atoms with van der Waals surface area (Å²) in [6.45, 7) is 0. The maximum absolute atomic E-state index is 6.66. The Labute approximate surface area is 264 Å². The van der Waals surface area contributed by atoms with Gasteiger partial charge in [0.1, 0.15) is 17.1 Å². The molecule has 0 unspecified atom stereocenters. The normalized spacial score (nSPS) is 14.0. The minimum Gasteiger partial charge on any atom is -0.457 e. The maximum atomic E-state index is 6.66. The van der Waals surface area contributed by atoms with Gasteiger partial charge in [-0.25, -0.2) is 0 Å². The topological polar surface area (TPSA) is 27.3 Å². The van der Waals surface area contributed by atoms with Crippen molar-refractivity contribution >= 4 is 43.7 Å². The first-order chi connectivity index (χ1) is 22.8. The Morgan fingerprint density at radius 2 is 1.11 bits per heavy atom. The third-order valence-electron chi connectivity index (χ3n) is 10.3. The zero-order chi connectivity index (χ0) is 30.0. The first-order valence-corrected chi connectivity index (χ1v) is 15.8. The van der Waals surface area contributed by atoms with Gasteiger partial charge in [0.2, 0.25) is 0 Å². The number of fused-ring (bicyclic) bond motifs is 16. The fourth-order valence-electron chi connectivity index (χ4n) is 8.55. The lowest BCUT2D eigenvalue weighted by atomic mass is 9.66. The SMILES string of the molecule is c1ccc2c(c1)Oc1ccccc1C21c2ccccc2-c2c1ccc1c3ccccc3n(-c3cccc4c3oc3ccccc34)c21. The Hall–Kier alpha value is -6.06. The van der Waals surface area contributed by atoms with Crippen molar-refractivity contribution in [1.82, 2.24) is 4.57 Å². The molecule has 46 heavy (non-hydrogen) atoms. The lowest BCUT2D eigenvalue weighted by molar-refractivity contribution is 0.436. The van der Waals surface area contributed by atoms with Crippen molar-refractivity contribution in [3.8, 4) is 28.3 Å². The van der Waals surface area contributed by atoms with Gasteiger partial charge in [0.05, 0.1) is 22.1 Å². The highest BCUT2D eigenvalue weighted by molar-refractivity contribution is 6.17. The summed E-state index contributed by atoms with van der Waals surface area (Å²) in [5.74, 6) is 1.80. The van der Waals surface area contributed by atoms with Crippen LogP contribution in [-0.2, 0) is 5.41 Å². The minimum absolute atomic E-state index is 0.530. The van der Waals surface area contributed by atoms with E-state index in [1.54, 1.807) is 0 Å². The molecule has 0 amide bonds. The second-order valence-corrected chi connectivity index (χ2v) is 12.4. The highest BCUT2D eigenvalue weighted by Gasteiger charge is 2.51. The van der Waals surface area contributed by atoms with Gasteiger partial charge in [0, 0.05) is 38.2 Å². The van der Waals surface area contributed by atoms with Crippen molar-refractivity contribution in [2.45, 2.75) is 5.41 Å². The van der Waals surface area contributed by atoms with Crippen LogP contribution in [0.2, 0.25) is 0 Å². The second kappa shape index (κ2) is 8.56. The van der Waals surface area contributed by atoms with Gasteiger partial charge in [-0.3, -0.25) is 0 Å². The largest absolute Gasteiger partial charge is 0.457 e. The molecule has 3 heterocycles. The zero-order valence-corrected chi connectivity index (χ0v) is 24.7. The zero-order valence-electron chi connectivity index (χ0n) is 24.7. The quantitative estimate of drug-likeness (QED) is 0.191. The number of rotatable bonds is 1. The van der Waals surface area contributed by atoms with E-state index >= 15 is 0 Å². The number of hydrogen-bond acceptors (Lipinski definition) is 2. The summed E-state index contributed by atoms with van der Waals surface area (Å²) in [6, 6.07) is 54.4. The third kappa shape index (κ3) is 2.80. The van der Waals surface area contributed by atoms with Gasteiger partial charge >= 0.3 is 0 Å². The molecule has 0 N–H and O–H groups in total. The predicted octanol–water partition coefficient (Wildman–Crippen LogP) is 11.2. The molecule has 3 heteroatoms.